The number of halogens is 1. The molecule has 3 rings (SSSR count). The largest absolute Gasteiger partial charge is 0.339 e. The first-order valence-corrected chi connectivity index (χ1v) is 9.06. The van der Waals surface area contributed by atoms with Crippen molar-refractivity contribution in [2.24, 2.45) is 0 Å². The number of piperidine rings is 1. The van der Waals surface area contributed by atoms with Crippen LogP contribution in [-0.2, 0) is 4.79 Å². The molecular formula is C21H26ClN3O2. The summed E-state index contributed by atoms with van der Waals surface area (Å²) in [5.41, 5.74) is 1.35. The highest BCUT2D eigenvalue weighted by Gasteiger charge is 2.30. The van der Waals surface area contributed by atoms with E-state index in [9.17, 15) is 9.59 Å². The smallest absolute Gasteiger partial charge is 0.252 e. The van der Waals surface area contributed by atoms with E-state index in [2.05, 4.69) is 10.6 Å². The van der Waals surface area contributed by atoms with Gasteiger partial charge in [0.1, 0.15) is 6.04 Å². The van der Waals surface area contributed by atoms with Gasteiger partial charge in [-0.2, -0.15) is 0 Å². The maximum Gasteiger partial charge on any atom is 0.252 e. The first-order valence-electron chi connectivity index (χ1n) is 9.06. The minimum absolute atomic E-state index is 0. The molecule has 0 spiro atoms. The molecular weight excluding hydrogens is 362 g/mol. The quantitative estimate of drug-likeness (QED) is 0.829. The number of carbonyl (C=O) groups excluding carboxylic acids is 2. The van der Waals surface area contributed by atoms with Crippen molar-refractivity contribution >= 4 is 24.2 Å². The van der Waals surface area contributed by atoms with Gasteiger partial charge in [0.2, 0.25) is 5.91 Å². The molecule has 1 aliphatic heterocycles. The number of nitrogens with one attached hydrogen (secondary N) is 2. The molecule has 144 valence electrons. The van der Waals surface area contributed by atoms with E-state index < -0.39 is 6.04 Å². The molecule has 1 saturated heterocycles. The number of carbonyl (C=O) groups is 2. The van der Waals surface area contributed by atoms with Crippen molar-refractivity contribution in [1.82, 2.24) is 15.5 Å². The van der Waals surface area contributed by atoms with Gasteiger partial charge in [-0.05, 0) is 37.6 Å². The van der Waals surface area contributed by atoms with Gasteiger partial charge in [-0.3, -0.25) is 9.59 Å². The van der Waals surface area contributed by atoms with Crippen molar-refractivity contribution in [3.63, 3.8) is 0 Å². The minimum atomic E-state index is -0.681. The Bertz CT molecular complexity index is 740. The fourth-order valence-corrected chi connectivity index (χ4v) is 3.33. The Morgan fingerprint density at radius 3 is 2.30 bits per heavy atom. The van der Waals surface area contributed by atoms with E-state index in [0.717, 1.165) is 24.9 Å². The van der Waals surface area contributed by atoms with E-state index in [4.69, 9.17) is 0 Å². The highest BCUT2D eigenvalue weighted by Crippen LogP contribution is 2.20. The molecule has 0 aliphatic carbocycles. The molecule has 0 bridgehead atoms. The Labute approximate surface area is 166 Å². The fraction of sp³-hybridized carbons (Fsp3) is 0.333. The van der Waals surface area contributed by atoms with Crippen LogP contribution >= 0.6 is 12.4 Å². The average molecular weight is 388 g/mol. The Kier molecular flexibility index (Phi) is 7.82. The molecule has 6 heteroatoms. The molecule has 2 aromatic rings. The van der Waals surface area contributed by atoms with Gasteiger partial charge in [0, 0.05) is 24.7 Å². The summed E-state index contributed by atoms with van der Waals surface area (Å²) in [6, 6.07) is 18.1. The Morgan fingerprint density at radius 1 is 1.04 bits per heavy atom. The highest BCUT2D eigenvalue weighted by molar-refractivity contribution is 5.97. The van der Waals surface area contributed by atoms with Crippen LogP contribution in [0.3, 0.4) is 0 Å². The fourth-order valence-electron chi connectivity index (χ4n) is 3.33. The summed E-state index contributed by atoms with van der Waals surface area (Å²) in [7, 11) is 1.92. The third kappa shape index (κ3) is 5.31. The molecule has 2 atom stereocenters. The molecule has 2 amide bonds. The van der Waals surface area contributed by atoms with Crippen LogP contribution in [0.1, 0.15) is 34.8 Å². The summed E-state index contributed by atoms with van der Waals surface area (Å²) in [4.78, 5) is 27.7. The van der Waals surface area contributed by atoms with E-state index in [1.807, 2.05) is 60.5 Å². The number of likely N-dealkylation sites (tertiary alicyclic amines) is 1. The standard InChI is InChI=1S/C21H25N3O2.ClH/c1-22-18-13-8-14-24(15-18)21(26)19(16-9-4-2-5-10-16)23-20(25)17-11-6-3-7-12-17;/h2-7,9-12,18-19,22H,8,13-15H2,1H3,(H,23,25);1H. The second-order valence-corrected chi connectivity index (χ2v) is 6.60. The van der Waals surface area contributed by atoms with Gasteiger partial charge >= 0.3 is 0 Å². The maximum atomic E-state index is 13.2. The number of amides is 2. The van der Waals surface area contributed by atoms with E-state index in [0.29, 0.717) is 18.2 Å². The van der Waals surface area contributed by atoms with Crippen molar-refractivity contribution in [3.05, 3.63) is 71.8 Å². The highest BCUT2D eigenvalue weighted by atomic mass is 35.5. The van der Waals surface area contributed by atoms with Crippen molar-refractivity contribution in [2.75, 3.05) is 20.1 Å². The predicted octanol–water partition coefficient (Wildman–Crippen LogP) is 2.79. The second-order valence-electron chi connectivity index (χ2n) is 6.60. The second kappa shape index (κ2) is 10.1. The summed E-state index contributed by atoms with van der Waals surface area (Å²) in [6.07, 6.45) is 2.03. The number of rotatable bonds is 5. The van der Waals surface area contributed by atoms with Crippen LogP contribution in [0.2, 0.25) is 0 Å². The average Bonchev–Trinajstić information content (AvgIpc) is 2.72. The summed E-state index contributed by atoms with van der Waals surface area (Å²) in [5, 5.41) is 6.18. The molecule has 1 aliphatic rings. The Balaban J connectivity index is 0.00000261. The number of nitrogens with zero attached hydrogens (tertiary/aromatic N) is 1. The van der Waals surface area contributed by atoms with Crippen LogP contribution in [0.5, 0.6) is 0 Å². The Morgan fingerprint density at radius 2 is 1.67 bits per heavy atom. The summed E-state index contributed by atoms with van der Waals surface area (Å²) >= 11 is 0. The maximum absolute atomic E-state index is 13.2. The van der Waals surface area contributed by atoms with Crippen LogP contribution in [0.15, 0.2) is 60.7 Å². The van der Waals surface area contributed by atoms with Gasteiger partial charge in [0.15, 0.2) is 0 Å². The molecule has 2 unspecified atom stereocenters. The van der Waals surface area contributed by atoms with Gasteiger partial charge in [-0.25, -0.2) is 0 Å². The van der Waals surface area contributed by atoms with Crippen molar-refractivity contribution in [1.29, 1.82) is 0 Å². The Hall–Kier alpha value is -2.37. The third-order valence-corrected chi connectivity index (χ3v) is 4.83. The normalized spacial score (nSPS) is 17.5. The monoisotopic (exact) mass is 387 g/mol. The van der Waals surface area contributed by atoms with Gasteiger partial charge in [0.25, 0.3) is 5.91 Å². The zero-order chi connectivity index (χ0) is 18.4. The predicted molar refractivity (Wildman–Crippen MR) is 109 cm³/mol. The molecule has 0 saturated carbocycles. The minimum Gasteiger partial charge on any atom is -0.339 e. The van der Waals surface area contributed by atoms with Crippen LogP contribution in [-0.4, -0.2) is 42.9 Å². The lowest BCUT2D eigenvalue weighted by molar-refractivity contribution is -0.134. The lowest BCUT2D eigenvalue weighted by Gasteiger charge is -2.35. The van der Waals surface area contributed by atoms with Gasteiger partial charge in [0.05, 0.1) is 0 Å². The summed E-state index contributed by atoms with van der Waals surface area (Å²) in [6.45, 7) is 1.39. The SMILES string of the molecule is CNC1CCCN(C(=O)C(NC(=O)c2ccccc2)c2ccccc2)C1.Cl. The lowest BCUT2D eigenvalue weighted by Crippen LogP contribution is -2.50. The third-order valence-electron chi connectivity index (χ3n) is 4.83. The molecule has 2 aromatic carbocycles. The molecule has 27 heavy (non-hydrogen) atoms. The van der Waals surface area contributed by atoms with Crippen molar-refractivity contribution < 1.29 is 9.59 Å². The number of hydrogen-bond donors (Lipinski definition) is 2. The van der Waals surface area contributed by atoms with E-state index in [-0.39, 0.29) is 24.2 Å². The number of benzene rings is 2. The van der Waals surface area contributed by atoms with E-state index in [1.165, 1.54) is 0 Å². The first kappa shape index (κ1) is 20.9. The molecule has 2 N–H and O–H groups in total. The van der Waals surface area contributed by atoms with Gasteiger partial charge in [-0.15, -0.1) is 12.4 Å². The number of likely N-dealkylation sites (N-methyl/N-ethyl adjacent to an activating group) is 1. The van der Waals surface area contributed by atoms with Gasteiger partial charge in [-0.1, -0.05) is 48.5 Å². The zero-order valence-corrected chi connectivity index (χ0v) is 16.2. The van der Waals surface area contributed by atoms with Crippen molar-refractivity contribution in [2.45, 2.75) is 24.9 Å². The lowest BCUT2D eigenvalue weighted by atomic mass is 10.0. The summed E-state index contributed by atoms with van der Waals surface area (Å²) in [5.74, 6) is -0.296. The molecule has 1 heterocycles. The van der Waals surface area contributed by atoms with Crippen LogP contribution in [0.25, 0.3) is 0 Å². The molecule has 0 aromatic heterocycles. The summed E-state index contributed by atoms with van der Waals surface area (Å²) < 4.78 is 0. The topological polar surface area (TPSA) is 61.4 Å². The molecule has 0 radical (unpaired) electrons. The van der Waals surface area contributed by atoms with E-state index in [1.54, 1.807) is 12.1 Å². The van der Waals surface area contributed by atoms with Crippen molar-refractivity contribution in [3.8, 4) is 0 Å². The molecule has 5 nitrogen and oxygen atoms in total. The first-order chi connectivity index (χ1) is 12.7. The van der Waals surface area contributed by atoms with Crippen LogP contribution in [0, 0.1) is 0 Å². The molecule has 1 fully saturated rings. The van der Waals surface area contributed by atoms with Gasteiger partial charge < -0.3 is 15.5 Å². The zero-order valence-electron chi connectivity index (χ0n) is 15.4. The van der Waals surface area contributed by atoms with Crippen LogP contribution in [0.4, 0.5) is 0 Å². The number of hydrogen-bond acceptors (Lipinski definition) is 3. The van der Waals surface area contributed by atoms with Crippen LogP contribution < -0.4 is 10.6 Å². The van der Waals surface area contributed by atoms with E-state index >= 15 is 0 Å².